The van der Waals surface area contributed by atoms with Crippen LogP contribution in [0.25, 0.3) is 22.6 Å². The lowest BCUT2D eigenvalue weighted by molar-refractivity contribution is -0.119. The highest BCUT2D eigenvalue weighted by atomic mass is 35.5. The van der Waals surface area contributed by atoms with Gasteiger partial charge in [-0.05, 0) is 104 Å². The summed E-state index contributed by atoms with van der Waals surface area (Å²) < 4.78 is 5.59. The van der Waals surface area contributed by atoms with E-state index in [1.165, 1.54) is 0 Å². The predicted molar refractivity (Wildman–Crippen MR) is 178 cm³/mol. The maximum atomic E-state index is 13.5. The first-order valence-corrected chi connectivity index (χ1v) is 15.0. The minimum absolute atomic E-state index is 0.243. The Bertz CT molecular complexity index is 1850. The van der Waals surface area contributed by atoms with Crippen LogP contribution in [0.2, 0.25) is 5.02 Å². The Morgan fingerprint density at radius 2 is 1.57 bits per heavy atom. The molecule has 6 rings (SSSR count). The van der Waals surface area contributed by atoms with Crippen LogP contribution in [0.1, 0.15) is 47.4 Å². The first-order chi connectivity index (χ1) is 21.4. The Morgan fingerprint density at radius 1 is 0.886 bits per heavy atom. The Hall–Kier alpha value is -4.94. The van der Waals surface area contributed by atoms with Gasteiger partial charge in [0.25, 0.3) is 5.91 Å². The van der Waals surface area contributed by atoms with Crippen molar-refractivity contribution in [1.82, 2.24) is 4.98 Å². The van der Waals surface area contributed by atoms with E-state index < -0.39 is 18.5 Å². The molecule has 1 N–H and O–H groups in total. The Labute approximate surface area is 262 Å². The highest BCUT2D eigenvalue weighted by Crippen LogP contribution is 2.38. The zero-order chi connectivity index (χ0) is 30.6. The molecule has 0 saturated heterocycles. The Balaban J connectivity index is 1.17. The number of hydrogen-bond acceptors (Lipinski definition) is 5. The van der Waals surface area contributed by atoms with E-state index in [1.807, 2.05) is 91.0 Å². The molecule has 1 aliphatic carbocycles. The van der Waals surface area contributed by atoms with E-state index in [0.29, 0.717) is 33.6 Å². The summed E-state index contributed by atoms with van der Waals surface area (Å²) in [6.07, 6.45) is 3.49. The lowest BCUT2D eigenvalue weighted by Crippen LogP contribution is -2.25. The molecule has 0 spiro atoms. The number of ether oxygens (including phenoxy) is 1. The molecule has 6 nitrogen and oxygen atoms in total. The predicted octanol–water partition coefficient (Wildman–Crippen LogP) is 8.72. The van der Waals surface area contributed by atoms with Crippen LogP contribution in [-0.2, 0) is 16.0 Å². The number of nitrogens with zero attached hydrogens (tertiary/aromatic N) is 2. The number of aromatic nitrogens is 1. The van der Waals surface area contributed by atoms with Gasteiger partial charge in [0, 0.05) is 33.5 Å². The Morgan fingerprint density at radius 3 is 2.30 bits per heavy atom. The highest BCUT2D eigenvalue weighted by Gasteiger charge is 2.28. The van der Waals surface area contributed by atoms with Gasteiger partial charge in [-0.25, -0.2) is 9.78 Å². The molecule has 0 aliphatic heterocycles. The third-order valence-electron chi connectivity index (χ3n) is 7.67. The van der Waals surface area contributed by atoms with Gasteiger partial charge in [-0.3, -0.25) is 4.79 Å². The number of benzene rings is 4. The summed E-state index contributed by atoms with van der Waals surface area (Å²) in [5.41, 5.74) is 7.60. The van der Waals surface area contributed by atoms with Crippen molar-refractivity contribution in [2.24, 2.45) is 0 Å². The van der Waals surface area contributed by atoms with Crippen LogP contribution >= 0.6 is 11.6 Å². The number of halogens is 1. The molecular weight excluding hydrogens is 570 g/mol. The molecule has 0 fully saturated rings. The summed E-state index contributed by atoms with van der Waals surface area (Å²) >= 11 is 6.06. The van der Waals surface area contributed by atoms with Gasteiger partial charge < -0.3 is 15.0 Å². The van der Waals surface area contributed by atoms with E-state index in [2.05, 4.69) is 42.3 Å². The molecule has 220 valence electrons. The van der Waals surface area contributed by atoms with Crippen molar-refractivity contribution >= 4 is 63.1 Å². The van der Waals surface area contributed by atoms with E-state index in [9.17, 15) is 9.59 Å². The first kappa shape index (κ1) is 29.1. The van der Waals surface area contributed by atoms with Crippen LogP contribution in [0.5, 0.6) is 0 Å². The largest absolute Gasteiger partial charge is 0.452 e. The number of amides is 1. The summed E-state index contributed by atoms with van der Waals surface area (Å²) in [4.78, 5) is 33.5. The minimum atomic E-state index is -0.534. The number of pyridine rings is 1. The van der Waals surface area contributed by atoms with Crippen LogP contribution in [0.4, 0.5) is 17.1 Å². The number of nitrogens with one attached hydrogen (secondary N) is 1. The van der Waals surface area contributed by atoms with Gasteiger partial charge in [-0.15, -0.1) is 0 Å². The fourth-order valence-electron chi connectivity index (χ4n) is 5.71. The van der Waals surface area contributed by atoms with E-state index in [0.717, 1.165) is 40.2 Å². The van der Waals surface area contributed by atoms with Gasteiger partial charge in [0.15, 0.2) is 6.61 Å². The zero-order valence-corrected chi connectivity index (χ0v) is 25.3. The van der Waals surface area contributed by atoms with Crippen LogP contribution < -0.4 is 10.2 Å². The van der Waals surface area contributed by atoms with Crippen molar-refractivity contribution in [3.63, 3.8) is 0 Å². The zero-order valence-electron chi connectivity index (χ0n) is 24.6. The van der Waals surface area contributed by atoms with Gasteiger partial charge >= 0.3 is 5.97 Å². The molecular formula is C37H32ClN3O3. The molecule has 1 aromatic heterocycles. The molecule has 7 heteroatoms. The second-order valence-corrected chi connectivity index (χ2v) is 11.5. The molecule has 0 saturated carbocycles. The summed E-state index contributed by atoms with van der Waals surface area (Å²) in [5.74, 6) is -0.943. The molecule has 0 atom stereocenters. The van der Waals surface area contributed by atoms with Crippen molar-refractivity contribution in [3.8, 4) is 0 Å². The lowest BCUT2D eigenvalue weighted by atomic mass is 10.0. The SMILES string of the molecule is CC(C)N(c1ccccc1)c1ccc(NC(=O)COC(=O)c2c3c(nc4ccccc24)/C(=C\c2ccc(Cl)cc2)CC3)cc1. The van der Waals surface area contributed by atoms with Crippen LogP contribution in [0, 0.1) is 0 Å². The van der Waals surface area contributed by atoms with Gasteiger partial charge in [-0.1, -0.05) is 60.1 Å². The minimum Gasteiger partial charge on any atom is -0.452 e. The van der Waals surface area contributed by atoms with E-state index in [4.69, 9.17) is 21.3 Å². The van der Waals surface area contributed by atoms with Gasteiger partial charge in [0.2, 0.25) is 0 Å². The quantitative estimate of drug-likeness (QED) is 0.180. The van der Waals surface area contributed by atoms with Crippen molar-refractivity contribution in [3.05, 3.63) is 131 Å². The topological polar surface area (TPSA) is 71.5 Å². The number of para-hydroxylation sites is 2. The molecule has 5 aromatic rings. The number of esters is 1. The third-order valence-corrected chi connectivity index (χ3v) is 7.92. The standard InChI is InChI=1S/C37H32ClN3O3/c1-24(2)41(29-8-4-3-5-9-29)30-19-17-28(18-20-30)39-34(42)23-44-37(43)35-31-10-6-7-11-33(31)40-36-26(14-21-32(35)36)22-25-12-15-27(38)16-13-25/h3-13,15-20,22,24H,14,21,23H2,1-2H3,(H,39,42)/b26-22-. The number of rotatable bonds is 8. The van der Waals surface area contributed by atoms with Crippen LogP contribution in [0.15, 0.2) is 103 Å². The highest BCUT2D eigenvalue weighted by molar-refractivity contribution is 6.30. The van der Waals surface area contributed by atoms with Crippen LogP contribution in [-0.4, -0.2) is 29.5 Å². The molecule has 0 radical (unpaired) electrons. The average Bonchev–Trinajstić information content (AvgIpc) is 3.42. The second-order valence-electron chi connectivity index (χ2n) is 11.0. The molecule has 44 heavy (non-hydrogen) atoms. The van der Waals surface area contributed by atoms with Gasteiger partial charge in [-0.2, -0.15) is 0 Å². The molecule has 0 unspecified atom stereocenters. The molecule has 0 bridgehead atoms. The Kier molecular flexibility index (Phi) is 8.44. The molecule has 4 aromatic carbocycles. The van der Waals surface area contributed by atoms with Crippen molar-refractivity contribution in [2.45, 2.75) is 32.7 Å². The number of hydrogen-bond donors (Lipinski definition) is 1. The van der Waals surface area contributed by atoms with E-state index >= 15 is 0 Å². The third kappa shape index (κ3) is 6.21. The fraction of sp³-hybridized carbons (Fsp3) is 0.162. The molecule has 1 amide bonds. The number of allylic oxidation sites excluding steroid dienone is 1. The fourth-order valence-corrected chi connectivity index (χ4v) is 5.84. The maximum absolute atomic E-state index is 13.5. The maximum Gasteiger partial charge on any atom is 0.339 e. The summed E-state index contributed by atoms with van der Waals surface area (Å²) in [5, 5.41) is 4.24. The van der Waals surface area contributed by atoms with Crippen LogP contribution in [0.3, 0.4) is 0 Å². The first-order valence-electron chi connectivity index (χ1n) is 14.7. The normalized spacial score (nSPS) is 13.2. The number of carbonyl (C=O) groups is 2. The molecule has 1 aliphatic rings. The summed E-state index contributed by atoms with van der Waals surface area (Å²) in [6, 6.07) is 33.2. The second kappa shape index (κ2) is 12.7. The van der Waals surface area contributed by atoms with Gasteiger partial charge in [0.1, 0.15) is 0 Å². The van der Waals surface area contributed by atoms with Crippen molar-refractivity contribution in [1.29, 1.82) is 0 Å². The smallest absolute Gasteiger partial charge is 0.339 e. The number of anilines is 3. The average molecular weight is 602 g/mol. The molecule has 1 heterocycles. The van der Waals surface area contributed by atoms with E-state index in [1.54, 1.807) is 0 Å². The van der Waals surface area contributed by atoms with Gasteiger partial charge in [0.05, 0.1) is 16.8 Å². The number of carbonyl (C=O) groups excluding carboxylic acids is 2. The summed E-state index contributed by atoms with van der Waals surface area (Å²) in [7, 11) is 0. The lowest BCUT2D eigenvalue weighted by Gasteiger charge is -2.29. The monoisotopic (exact) mass is 601 g/mol. The van der Waals surface area contributed by atoms with Crippen molar-refractivity contribution in [2.75, 3.05) is 16.8 Å². The van der Waals surface area contributed by atoms with Crippen molar-refractivity contribution < 1.29 is 14.3 Å². The number of fused-ring (bicyclic) bond motifs is 2. The summed E-state index contributed by atoms with van der Waals surface area (Å²) in [6.45, 7) is 3.87. The van der Waals surface area contributed by atoms with E-state index in [-0.39, 0.29) is 6.04 Å².